The maximum absolute atomic E-state index is 5.77. The fourth-order valence-corrected chi connectivity index (χ4v) is 4.20. The largest absolute Gasteiger partial charge is 0.491 e. The molecule has 0 aliphatic carbocycles. The highest BCUT2D eigenvalue weighted by atomic mass is 16.6. The first-order valence-electron chi connectivity index (χ1n) is 17.9. The van der Waals surface area contributed by atoms with Crippen LogP contribution in [-0.4, -0.2) is 139 Å². The van der Waals surface area contributed by atoms with Crippen molar-refractivity contribution in [1.29, 1.82) is 0 Å². The molecule has 0 fully saturated rings. The van der Waals surface area contributed by atoms with Crippen LogP contribution in [-0.2, 0) is 53.8 Å². The molecule has 0 bridgehead atoms. The van der Waals surface area contributed by atoms with E-state index in [2.05, 4.69) is 31.2 Å². The van der Waals surface area contributed by atoms with E-state index < -0.39 is 0 Å². The third-order valence-electron chi connectivity index (χ3n) is 6.79. The zero-order valence-electron chi connectivity index (χ0n) is 29.6. The van der Waals surface area contributed by atoms with Crippen LogP contribution >= 0.6 is 0 Å². The monoisotopic (exact) mass is 674 g/mol. The van der Waals surface area contributed by atoms with Crippen molar-refractivity contribution in [3.63, 3.8) is 0 Å². The summed E-state index contributed by atoms with van der Waals surface area (Å²) < 4.78 is 60.3. The Morgan fingerprint density at radius 1 is 0.340 bits per heavy atom. The molecule has 0 radical (unpaired) electrons. The van der Waals surface area contributed by atoms with Crippen LogP contribution in [0.2, 0.25) is 0 Å². The van der Waals surface area contributed by atoms with Gasteiger partial charge in [-0.1, -0.05) is 51.2 Å². The standard InChI is InChI=1S/C36H66O11/c1-3-5-6-7-8-9-10-35-11-13-36(14-12-35)47-34-33-46-32-31-45-30-29-44-28-27-43-26-25-42-24-23-41-22-21-40-20-19-39-18-17-38-16-15-37-4-2/h11-14H,3-10,15-34H2,1-2H3. The average molecular weight is 675 g/mol. The molecule has 11 nitrogen and oxygen atoms in total. The van der Waals surface area contributed by atoms with Crippen molar-refractivity contribution < 1.29 is 52.1 Å². The molecule has 0 N–H and O–H groups in total. The lowest BCUT2D eigenvalue weighted by molar-refractivity contribution is -0.0265. The van der Waals surface area contributed by atoms with Gasteiger partial charge in [0, 0.05) is 6.61 Å². The van der Waals surface area contributed by atoms with E-state index in [0.29, 0.717) is 139 Å². The van der Waals surface area contributed by atoms with Crippen molar-refractivity contribution in [3.05, 3.63) is 29.8 Å². The summed E-state index contributed by atoms with van der Waals surface area (Å²) in [6.45, 7) is 15.7. The van der Waals surface area contributed by atoms with Crippen molar-refractivity contribution in [2.45, 2.75) is 58.8 Å². The van der Waals surface area contributed by atoms with Crippen LogP contribution in [0.1, 0.15) is 57.9 Å². The van der Waals surface area contributed by atoms with E-state index in [0.717, 1.165) is 12.2 Å². The van der Waals surface area contributed by atoms with E-state index in [4.69, 9.17) is 52.1 Å². The summed E-state index contributed by atoms with van der Waals surface area (Å²) in [6, 6.07) is 8.44. The lowest BCUT2D eigenvalue weighted by Crippen LogP contribution is -2.15. The lowest BCUT2D eigenvalue weighted by Gasteiger charge is -2.09. The SMILES string of the molecule is CCCCCCCCc1ccc(OCCOCCOCCOCCOCCOCCOCCOCCOCCOCCOCC)cc1. The Morgan fingerprint density at radius 2 is 0.660 bits per heavy atom. The highest BCUT2D eigenvalue weighted by Crippen LogP contribution is 2.15. The molecule has 276 valence electrons. The van der Waals surface area contributed by atoms with Gasteiger partial charge < -0.3 is 52.1 Å². The summed E-state index contributed by atoms with van der Waals surface area (Å²) in [5.41, 5.74) is 1.38. The topological polar surface area (TPSA) is 102 Å². The molecule has 0 saturated carbocycles. The Labute approximate surface area is 285 Å². The molecule has 11 heteroatoms. The summed E-state index contributed by atoms with van der Waals surface area (Å²) in [4.78, 5) is 0. The lowest BCUT2D eigenvalue weighted by atomic mass is 10.0. The summed E-state index contributed by atoms with van der Waals surface area (Å²) in [6.07, 6.45) is 9.10. The Hall–Kier alpha value is -1.38. The molecule has 0 heterocycles. The fraction of sp³-hybridized carbons (Fsp3) is 0.833. The number of ether oxygens (including phenoxy) is 11. The zero-order chi connectivity index (χ0) is 33.6. The average Bonchev–Trinajstić information content (AvgIpc) is 3.09. The summed E-state index contributed by atoms with van der Waals surface area (Å²) >= 11 is 0. The van der Waals surface area contributed by atoms with Crippen LogP contribution < -0.4 is 4.74 Å². The quantitative estimate of drug-likeness (QED) is 0.0867. The number of hydrogen-bond donors (Lipinski definition) is 0. The number of unbranched alkanes of at least 4 members (excludes halogenated alkanes) is 5. The third kappa shape index (κ3) is 32.9. The van der Waals surface area contributed by atoms with Gasteiger partial charge in [-0.3, -0.25) is 0 Å². The van der Waals surface area contributed by atoms with Gasteiger partial charge in [-0.25, -0.2) is 0 Å². The molecule has 1 rings (SSSR count). The minimum Gasteiger partial charge on any atom is -0.491 e. The molecular weight excluding hydrogens is 608 g/mol. The summed E-state index contributed by atoms with van der Waals surface area (Å²) in [5.74, 6) is 0.887. The molecule has 1 aromatic carbocycles. The van der Waals surface area contributed by atoms with Crippen molar-refractivity contribution in [3.8, 4) is 5.75 Å². The molecule has 0 saturated heterocycles. The molecule has 0 spiro atoms. The second-order valence-electron chi connectivity index (χ2n) is 10.7. The maximum Gasteiger partial charge on any atom is 0.119 e. The van der Waals surface area contributed by atoms with Gasteiger partial charge in [0.15, 0.2) is 0 Å². The second kappa shape index (κ2) is 37.4. The number of aryl methyl sites for hydroxylation is 1. The fourth-order valence-electron chi connectivity index (χ4n) is 4.20. The molecule has 0 atom stereocenters. The van der Waals surface area contributed by atoms with E-state index in [1.165, 1.54) is 44.1 Å². The van der Waals surface area contributed by atoms with Gasteiger partial charge in [0.2, 0.25) is 0 Å². The van der Waals surface area contributed by atoms with Crippen molar-refractivity contribution in [2.75, 3.05) is 139 Å². The predicted octanol–water partition coefficient (Wildman–Crippen LogP) is 5.15. The molecule has 0 aromatic heterocycles. The van der Waals surface area contributed by atoms with Gasteiger partial charge in [-0.2, -0.15) is 0 Å². The first-order chi connectivity index (χ1) is 23.4. The highest BCUT2D eigenvalue weighted by Gasteiger charge is 1.99. The van der Waals surface area contributed by atoms with E-state index in [-0.39, 0.29) is 0 Å². The van der Waals surface area contributed by atoms with Gasteiger partial charge in [0.05, 0.1) is 126 Å². The first-order valence-corrected chi connectivity index (χ1v) is 17.9. The van der Waals surface area contributed by atoms with Gasteiger partial charge in [0.1, 0.15) is 12.4 Å². The number of hydrogen-bond acceptors (Lipinski definition) is 11. The Morgan fingerprint density at radius 3 is 1.02 bits per heavy atom. The van der Waals surface area contributed by atoms with E-state index in [1.807, 2.05) is 6.92 Å². The van der Waals surface area contributed by atoms with Crippen LogP contribution in [0, 0.1) is 0 Å². The van der Waals surface area contributed by atoms with Crippen molar-refractivity contribution in [1.82, 2.24) is 0 Å². The number of benzene rings is 1. The molecule has 0 unspecified atom stereocenters. The van der Waals surface area contributed by atoms with Gasteiger partial charge in [0.25, 0.3) is 0 Å². The van der Waals surface area contributed by atoms with Gasteiger partial charge >= 0.3 is 0 Å². The third-order valence-corrected chi connectivity index (χ3v) is 6.79. The van der Waals surface area contributed by atoms with E-state index in [9.17, 15) is 0 Å². The highest BCUT2D eigenvalue weighted by molar-refractivity contribution is 5.27. The van der Waals surface area contributed by atoms with Crippen LogP contribution in [0.3, 0.4) is 0 Å². The Bertz CT molecular complexity index is 723. The zero-order valence-corrected chi connectivity index (χ0v) is 29.6. The van der Waals surface area contributed by atoms with Gasteiger partial charge in [-0.05, 0) is 37.5 Å². The molecule has 0 amide bonds. The van der Waals surface area contributed by atoms with Crippen LogP contribution in [0.15, 0.2) is 24.3 Å². The second-order valence-corrected chi connectivity index (χ2v) is 10.7. The van der Waals surface area contributed by atoms with Crippen LogP contribution in [0.4, 0.5) is 0 Å². The van der Waals surface area contributed by atoms with Crippen molar-refractivity contribution in [2.24, 2.45) is 0 Å². The smallest absolute Gasteiger partial charge is 0.119 e. The minimum absolute atomic E-state index is 0.520. The summed E-state index contributed by atoms with van der Waals surface area (Å²) in [7, 11) is 0. The van der Waals surface area contributed by atoms with Gasteiger partial charge in [-0.15, -0.1) is 0 Å². The van der Waals surface area contributed by atoms with Crippen LogP contribution in [0.25, 0.3) is 0 Å². The normalized spacial score (nSPS) is 11.4. The molecule has 0 aliphatic rings. The maximum atomic E-state index is 5.77. The Kier molecular flexibility index (Phi) is 34.8. The molecule has 1 aromatic rings. The first kappa shape index (κ1) is 43.6. The minimum atomic E-state index is 0.520. The predicted molar refractivity (Wildman–Crippen MR) is 183 cm³/mol. The van der Waals surface area contributed by atoms with Crippen LogP contribution in [0.5, 0.6) is 5.75 Å². The molecule has 47 heavy (non-hydrogen) atoms. The number of rotatable bonds is 39. The van der Waals surface area contributed by atoms with E-state index in [1.54, 1.807) is 0 Å². The van der Waals surface area contributed by atoms with Crippen molar-refractivity contribution >= 4 is 0 Å². The molecular formula is C36H66O11. The van der Waals surface area contributed by atoms with E-state index >= 15 is 0 Å². The molecule has 0 aliphatic heterocycles. The summed E-state index contributed by atoms with van der Waals surface area (Å²) in [5, 5.41) is 0. The Balaban J connectivity index is 1.70.